The van der Waals surface area contributed by atoms with Crippen molar-refractivity contribution in [3.63, 3.8) is 0 Å². The topological polar surface area (TPSA) is 44.8 Å². The largest absolute Gasteiger partial charge is 0.496 e. The fourth-order valence-electron chi connectivity index (χ4n) is 1.38. The zero-order chi connectivity index (χ0) is 12.8. The van der Waals surface area contributed by atoms with Gasteiger partial charge in [-0.25, -0.2) is 4.79 Å². The lowest BCUT2D eigenvalue weighted by atomic mass is 10.2. The van der Waals surface area contributed by atoms with Crippen LogP contribution >= 0.6 is 0 Å². The van der Waals surface area contributed by atoms with Crippen LogP contribution in [0.25, 0.3) is 0 Å². The summed E-state index contributed by atoms with van der Waals surface area (Å²) in [5.41, 5.74) is 0.382. The van der Waals surface area contributed by atoms with Crippen molar-refractivity contribution in [1.82, 2.24) is 0 Å². The van der Waals surface area contributed by atoms with E-state index in [1.807, 2.05) is 6.92 Å². The molecule has 1 aromatic carbocycles. The maximum absolute atomic E-state index is 11.8. The molecule has 0 atom stereocenters. The second-order valence-corrected chi connectivity index (χ2v) is 3.75. The Morgan fingerprint density at radius 2 is 2.06 bits per heavy atom. The van der Waals surface area contributed by atoms with Crippen LogP contribution in [0.2, 0.25) is 0 Å². The van der Waals surface area contributed by atoms with Crippen molar-refractivity contribution in [2.45, 2.75) is 26.9 Å². The lowest BCUT2D eigenvalue weighted by Gasteiger charge is -2.12. The number of hydrogen-bond donors (Lipinski definition) is 0. The minimum Gasteiger partial charge on any atom is -0.496 e. The number of ether oxygens (including phenoxy) is 3. The fraction of sp³-hybridized carbons (Fsp3) is 0.462. The molecule has 0 aliphatic heterocycles. The number of rotatable bonds is 5. The first-order valence-corrected chi connectivity index (χ1v) is 5.60. The Bertz CT molecular complexity index is 385. The molecule has 0 aliphatic carbocycles. The van der Waals surface area contributed by atoms with Gasteiger partial charge in [-0.3, -0.25) is 0 Å². The summed E-state index contributed by atoms with van der Waals surface area (Å²) in [5.74, 6) is 0.710. The fourth-order valence-corrected chi connectivity index (χ4v) is 1.38. The summed E-state index contributed by atoms with van der Waals surface area (Å²) in [6.45, 7) is 6.04. The third-order valence-electron chi connectivity index (χ3n) is 2.04. The molecule has 0 saturated heterocycles. The molecule has 1 rings (SSSR count). The van der Waals surface area contributed by atoms with Gasteiger partial charge in [0.05, 0.1) is 19.8 Å². The molecule has 0 aliphatic rings. The summed E-state index contributed by atoms with van der Waals surface area (Å²) in [6, 6.07) is 5.09. The van der Waals surface area contributed by atoms with Gasteiger partial charge in [0, 0.05) is 0 Å². The molecule has 0 heterocycles. The average molecular weight is 238 g/mol. The molecule has 4 nitrogen and oxygen atoms in total. The summed E-state index contributed by atoms with van der Waals surface area (Å²) in [6.07, 6.45) is -0.164. The van der Waals surface area contributed by atoms with Gasteiger partial charge in [0.25, 0.3) is 0 Å². The maximum Gasteiger partial charge on any atom is 0.342 e. The summed E-state index contributed by atoms with van der Waals surface area (Å²) < 4.78 is 15.6. The van der Waals surface area contributed by atoms with E-state index in [9.17, 15) is 4.79 Å². The molecule has 0 bridgehead atoms. The number of methoxy groups -OCH3 is 1. The molecule has 4 heteroatoms. The van der Waals surface area contributed by atoms with E-state index in [1.54, 1.807) is 32.0 Å². The van der Waals surface area contributed by atoms with E-state index in [0.717, 1.165) is 0 Å². The van der Waals surface area contributed by atoms with Crippen molar-refractivity contribution in [3.05, 3.63) is 23.8 Å². The quantitative estimate of drug-likeness (QED) is 0.740. The summed E-state index contributed by atoms with van der Waals surface area (Å²) in [5, 5.41) is 0. The molecular formula is C13H18O4. The molecule has 17 heavy (non-hydrogen) atoms. The van der Waals surface area contributed by atoms with Crippen molar-refractivity contribution in [3.8, 4) is 11.5 Å². The van der Waals surface area contributed by atoms with Crippen LogP contribution < -0.4 is 9.47 Å². The van der Waals surface area contributed by atoms with Gasteiger partial charge in [0.2, 0.25) is 0 Å². The highest BCUT2D eigenvalue weighted by atomic mass is 16.5. The zero-order valence-corrected chi connectivity index (χ0v) is 10.6. The summed E-state index contributed by atoms with van der Waals surface area (Å²) in [7, 11) is 1.52. The molecule has 0 spiro atoms. The predicted octanol–water partition coefficient (Wildman–Crippen LogP) is 2.66. The smallest absolute Gasteiger partial charge is 0.342 e. The molecule has 0 aromatic heterocycles. The van der Waals surface area contributed by atoms with Gasteiger partial charge < -0.3 is 14.2 Å². The number of hydrogen-bond acceptors (Lipinski definition) is 4. The molecule has 0 N–H and O–H groups in total. The van der Waals surface area contributed by atoms with E-state index >= 15 is 0 Å². The van der Waals surface area contributed by atoms with Gasteiger partial charge in [-0.1, -0.05) is 0 Å². The first-order chi connectivity index (χ1) is 8.08. The number of carbonyl (C=O) groups excluding carboxylic acids is 1. The van der Waals surface area contributed by atoms with Crippen molar-refractivity contribution >= 4 is 5.97 Å². The Morgan fingerprint density at radius 1 is 1.35 bits per heavy atom. The molecule has 94 valence electrons. The molecule has 1 aromatic rings. The van der Waals surface area contributed by atoms with Crippen LogP contribution in [0.1, 0.15) is 31.1 Å². The van der Waals surface area contributed by atoms with E-state index in [1.165, 1.54) is 7.11 Å². The molecule has 0 radical (unpaired) electrons. The van der Waals surface area contributed by atoms with E-state index in [4.69, 9.17) is 14.2 Å². The zero-order valence-electron chi connectivity index (χ0n) is 10.6. The standard InChI is InChI=1S/C13H18O4/c1-5-16-10-6-7-12(15-4)11(8-10)13(14)17-9(2)3/h6-9H,5H2,1-4H3. The van der Waals surface area contributed by atoms with E-state index in [0.29, 0.717) is 23.7 Å². The van der Waals surface area contributed by atoms with Crippen LogP contribution in [-0.2, 0) is 4.74 Å². The Labute approximate surface area is 101 Å². The third-order valence-corrected chi connectivity index (χ3v) is 2.04. The van der Waals surface area contributed by atoms with Gasteiger partial charge >= 0.3 is 5.97 Å². The summed E-state index contributed by atoms with van der Waals surface area (Å²) in [4.78, 5) is 11.8. The lowest BCUT2D eigenvalue weighted by molar-refractivity contribution is 0.0374. The number of esters is 1. The van der Waals surface area contributed by atoms with Crippen molar-refractivity contribution in [1.29, 1.82) is 0 Å². The van der Waals surface area contributed by atoms with Crippen LogP contribution in [-0.4, -0.2) is 25.8 Å². The second-order valence-electron chi connectivity index (χ2n) is 3.75. The van der Waals surface area contributed by atoms with Crippen LogP contribution in [0, 0.1) is 0 Å². The van der Waals surface area contributed by atoms with Gasteiger partial charge in [-0.15, -0.1) is 0 Å². The predicted molar refractivity (Wildman–Crippen MR) is 64.7 cm³/mol. The Balaban J connectivity index is 3.00. The number of carbonyl (C=O) groups is 1. The normalized spacial score (nSPS) is 10.2. The first-order valence-electron chi connectivity index (χ1n) is 5.60. The molecule has 0 fully saturated rings. The average Bonchev–Trinajstić information content (AvgIpc) is 2.28. The van der Waals surface area contributed by atoms with Crippen molar-refractivity contribution in [2.75, 3.05) is 13.7 Å². The highest BCUT2D eigenvalue weighted by Crippen LogP contribution is 2.25. The molecule has 0 amide bonds. The molecule has 0 unspecified atom stereocenters. The number of benzene rings is 1. The second kappa shape index (κ2) is 6.13. The molecule has 0 saturated carbocycles. The van der Waals surface area contributed by atoms with E-state index < -0.39 is 5.97 Å². The SMILES string of the molecule is CCOc1ccc(OC)c(C(=O)OC(C)C)c1. The lowest BCUT2D eigenvalue weighted by Crippen LogP contribution is -2.12. The minimum atomic E-state index is -0.404. The van der Waals surface area contributed by atoms with Gasteiger partial charge in [-0.2, -0.15) is 0 Å². The Morgan fingerprint density at radius 3 is 2.59 bits per heavy atom. The third kappa shape index (κ3) is 3.66. The van der Waals surface area contributed by atoms with Gasteiger partial charge in [0.15, 0.2) is 0 Å². The van der Waals surface area contributed by atoms with Crippen LogP contribution in [0.15, 0.2) is 18.2 Å². The van der Waals surface area contributed by atoms with Crippen LogP contribution in [0.4, 0.5) is 0 Å². The van der Waals surface area contributed by atoms with Crippen LogP contribution in [0.3, 0.4) is 0 Å². The highest BCUT2D eigenvalue weighted by molar-refractivity contribution is 5.93. The summed E-state index contributed by atoms with van der Waals surface area (Å²) >= 11 is 0. The highest BCUT2D eigenvalue weighted by Gasteiger charge is 2.16. The van der Waals surface area contributed by atoms with E-state index in [2.05, 4.69) is 0 Å². The van der Waals surface area contributed by atoms with E-state index in [-0.39, 0.29) is 6.10 Å². The van der Waals surface area contributed by atoms with Crippen molar-refractivity contribution < 1.29 is 19.0 Å². The first kappa shape index (κ1) is 13.4. The molecular weight excluding hydrogens is 220 g/mol. The van der Waals surface area contributed by atoms with Crippen molar-refractivity contribution in [2.24, 2.45) is 0 Å². The minimum absolute atomic E-state index is 0.164. The monoisotopic (exact) mass is 238 g/mol. The Kier molecular flexibility index (Phi) is 4.82. The Hall–Kier alpha value is -1.71. The van der Waals surface area contributed by atoms with Gasteiger partial charge in [-0.05, 0) is 39.0 Å². The van der Waals surface area contributed by atoms with Gasteiger partial charge in [0.1, 0.15) is 17.1 Å². The van der Waals surface area contributed by atoms with Crippen LogP contribution in [0.5, 0.6) is 11.5 Å². The maximum atomic E-state index is 11.8.